The average Bonchev–Trinajstić information content (AvgIpc) is 3.24. The molecule has 8 atom stereocenters. The van der Waals surface area contributed by atoms with Gasteiger partial charge in [-0.2, -0.15) is 0 Å². The van der Waals surface area contributed by atoms with Crippen LogP contribution in [0.1, 0.15) is 54.4 Å². The van der Waals surface area contributed by atoms with E-state index < -0.39 is 0 Å². The Labute approximate surface area is 147 Å². The molecule has 2 N–H and O–H groups in total. The average molecular weight is 341 g/mol. The van der Waals surface area contributed by atoms with E-state index in [1.54, 1.807) is 0 Å². The number of rotatable bonds is 7. The lowest BCUT2D eigenvalue weighted by atomic mass is 9.81. The Morgan fingerprint density at radius 2 is 1.88 bits per heavy atom. The first kappa shape index (κ1) is 19.9. The van der Waals surface area contributed by atoms with Gasteiger partial charge in [0.2, 0.25) is 0 Å². The van der Waals surface area contributed by atoms with E-state index in [1.807, 2.05) is 13.8 Å². The Balaban J connectivity index is 1.83. The smallest absolute Gasteiger partial charge is 0.0891 e. The van der Waals surface area contributed by atoms with Crippen LogP contribution >= 0.6 is 0 Å². The molecule has 2 saturated heterocycles. The number of aliphatic hydroxyl groups excluding tert-OH is 2. The number of allylic oxidation sites excluding steroid dienone is 1. The zero-order chi connectivity index (χ0) is 18.0. The van der Waals surface area contributed by atoms with E-state index in [0.717, 1.165) is 12.8 Å². The molecule has 4 nitrogen and oxygen atoms in total. The van der Waals surface area contributed by atoms with Gasteiger partial charge in [0.05, 0.1) is 37.1 Å². The van der Waals surface area contributed by atoms with Crippen LogP contribution in [0.3, 0.4) is 0 Å². The molecule has 0 aliphatic carbocycles. The second-order valence-corrected chi connectivity index (χ2v) is 8.42. The Bertz CT molecular complexity index is 431. The second-order valence-electron chi connectivity index (χ2n) is 8.42. The lowest BCUT2D eigenvalue weighted by Gasteiger charge is -2.39. The van der Waals surface area contributed by atoms with Gasteiger partial charge in [-0.25, -0.2) is 0 Å². The molecule has 0 amide bonds. The molecule has 0 aromatic heterocycles. The van der Waals surface area contributed by atoms with Gasteiger partial charge in [-0.3, -0.25) is 0 Å². The molecule has 0 aromatic carbocycles. The van der Waals surface area contributed by atoms with E-state index in [1.165, 1.54) is 5.57 Å². The fourth-order valence-corrected chi connectivity index (χ4v) is 3.94. The molecule has 4 heteroatoms. The van der Waals surface area contributed by atoms with Crippen molar-refractivity contribution in [3.63, 3.8) is 0 Å². The van der Waals surface area contributed by atoms with E-state index in [4.69, 9.17) is 9.47 Å². The first-order valence-electron chi connectivity index (χ1n) is 9.51. The van der Waals surface area contributed by atoms with Gasteiger partial charge in [0.15, 0.2) is 0 Å². The molecule has 2 fully saturated rings. The van der Waals surface area contributed by atoms with Crippen molar-refractivity contribution in [3.8, 4) is 0 Å². The molecule has 0 saturated carbocycles. The predicted molar refractivity (Wildman–Crippen MR) is 95.7 cm³/mol. The van der Waals surface area contributed by atoms with E-state index in [2.05, 4.69) is 33.8 Å². The first-order valence-corrected chi connectivity index (χ1v) is 9.51. The van der Waals surface area contributed by atoms with Crippen molar-refractivity contribution in [1.82, 2.24) is 0 Å². The quantitative estimate of drug-likeness (QED) is 0.552. The molecule has 2 heterocycles. The minimum atomic E-state index is -0.355. The molecule has 2 aliphatic rings. The van der Waals surface area contributed by atoms with Crippen molar-refractivity contribution in [2.24, 2.45) is 23.7 Å². The van der Waals surface area contributed by atoms with Crippen molar-refractivity contribution in [1.29, 1.82) is 0 Å². The van der Waals surface area contributed by atoms with Gasteiger partial charge in [-0.05, 0) is 32.6 Å². The second kappa shape index (κ2) is 8.31. The van der Waals surface area contributed by atoms with Gasteiger partial charge in [-0.1, -0.05) is 39.3 Å². The summed E-state index contributed by atoms with van der Waals surface area (Å²) in [4.78, 5) is 0. The van der Waals surface area contributed by atoms with E-state index in [9.17, 15) is 10.2 Å². The predicted octanol–water partition coefficient (Wildman–Crippen LogP) is 3.17. The molecule has 2 aliphatic heterocycles. The standard InChI is InChI=1S/C20H36O4/c1-11(2)7-12(3)8-17-14(5)19(22)16(10-23-17)9-18-20(24-18)13(4)15(6)21/h7,11,13-22H,8-10H2,1-6H3/b12-7+/t13-,14-,15-,16-,17-,18-,19-,20-/m0/s1. The van der Waals surface area contributed by atoms with Crippen LogP contribution in [0.4, 0.5) is 0 Å². The Kier molecular flexibility index (Phi) is 6.89. The largest absolute Gasteiger partial charge is 0.393 e. The summed E-state index contributed by atoms with van der Waals surface area (Å²) in [5.74, 6) is 0.944. The SMILES string of the molecule is C/C(=C\C(C)C)C[C@@H]1OC[C@H](C[C@@H]2O[C@H]2[C@@H](C)[C@H](C)O)[C@@H](O)[C@H]1C. The van der Waals surface area contributed by atoms with Gasteiger partial charge in [0, 0.05) is 17.8 Å². The van der Waals surface area contributed by atoms with Gasteiger partial charge in [0.1, 0.15) is 0 Å². The molecule has 0 unspecified atom stereocenters. The Morgan fingerprint density at radius 1 is 1.21 bits per heavy atom. The first-order chi connectivity index (χ1) is 11.2. The van der Waals surface area contributed by atoms with Crippen LogP contribution in [0.2, 0.25) is 0 Å². The highest BCUT2D eigenvalue weighted by atomic mass is 16.6. The summed E-state index contributed by atoms with van der Waals surface area (Å²) in [5.41, 5.74) is 1.34. The lowest BCUT2D eigenvalue weighted by molar-refractivity contribution is -0.124. The van der Waals surface area contributed by atoms with E-state index in [-0.39, 0.29) is 48.3 Å². The topological polar surface area (TPSA) is 62.2 Å². The summed E-state index contributed by atoms with van der Waals surface area (Å²) in [7, 11) is 0. The summed E-state index contributed by atoms with van der Waals surface area (Å²) in [5, 5.41) is 20.4. The van der Waals surface area contributed by atoms with Crippen LogP contribution in [0.5, 0.6) is 0 Å². The van der Waals surface area contributed by atoms with Crippen LogP contribution in [0, 0.1) is 23.7 Å². The zero-order valence-corrected chi connectivity index (χ0v) is 16.1. The summed E-state index contributed by atoms with van der Waals surface area (Å²) >= 11 is 0. The van der Waals surface area contributed by atoms with Gasteiger partial charge in [-0.15, -0.1) is 0 Å². The van der Waals surface area contributed by atoms with Gasteiger partial charge in [0.25, 0.3) is 0 Å². The molecular formula is C20H36O4. The summed E-state index contributed by atoms with van der Waals surface area (Å²) in [6.07, 6.45) is 3.66. The summed E-state index contributed by atoms with van der Waals surface area (Å²) in [6.45, 7) is 13.0. The fourth-order valence-electron chi connectivity index (χ4n) is 3.94. The summed E-state index contributed by atoms with van der Waals surface area (Å²) < 4.78 is 11.8. The number of hydrogen-bond donors (Lipinski definition) is 2. The Morgan fingerprint density at radius 3 is 2.46 bits per heavy atom. The highest BCUT2D eigenvalue weighted by molar-refractivity contribution is 5.04. The van der Waals surface area contributed by atoms with Crippen LogP contribution in [0.15, 0.2) is 11.6 Å². The molecule has 0 spiro atoms. The van der Waals surface area contributed by atoms with Crippen molar-refractivity contribution < 1.29 is 19.7 Å². The molecular weight excluding hydrogens is 304 g/mol. The Hall–Kier alpha value is -0.420. The van der Waals surface area contributed by atoms with Crippen molar-refractivity contribution in [2.45, 2.75) is 84.9 Å². The molecule has 2 rings (SSSR count). The van der Waals surface area contributed by atoms with Crippen LogP contribution in [0.25, 0.3) is 0 Å². The fraction of sp³-hybridized carbons (Fsp3) is 0.900. The van der Waals surface area contributed by atoms with Crippen LogP contribution < -0.4 is 0 Å². The third kappa shape index (κ3) is 5.04. The minimum absolute atomic E-state index is 0.0959. The monoisotopic (exact) mass is 340 g/mol. The minimum Gasteiger partial charge on any atom is -0.393 e. The van der Waals surface area contributed by atoms with Gasteiger partial charge >= 0.3 is 0 Å². The van der Waals surface area contributed by atoms with Crippen molar-refractivity contribution >= 4 is 0 Å². The third-order valence-corrected chi connectivity index (χ3v) is 5.71. The summed E-state index contributed by atoms with van der Waals surface area (Å²) in [6, 6.07) is 0. The zero-order valence-electron chi connectivity index (χ0n) is 16.1. The maximum atomic E-state index is 10.7. The molecule has 0 radical (unpaired) electrons. The highest BCUT2D eigenvalue weighted by Gasteiger charge is 2.47. The number of hydrogen-bond acceptors (Lipinski definition) is 4. The molecule has 24 heavy (non-hydrogen) atoms. The van der Waals surface area contributed by atoms with Crippen molar-refractivity contribution in [2.75, 3.05) is 6.61 Å². The lowest BCUT2D eigenvalue weighted by Crippen LogP contribution is -2.45. The third-order valence-electron chi connectivity index (χ3n) is 5.71. The van der Waals surface area contributed by atoms with Crippen molar-refractivity contribution in [3.05, 3.63) is 11.6 Å². The molecule has 140 valence electrons. The maximum absolute atomic E-state index is 10.7. The molecule has 0 bridgehead atoms. The van der Waals surface area contributed by atoms with Crippen LogP contribution in [-0.4, -0.2) is 47.3 Å². The number of epoxide rings is 1. The molecule has 0 aromatic rings. The van der Waals surface area contributed by atoms with E-state index in [0.29, 0.717) is 12.5 Å². The number of ether oxygens (including phenoxy) is 2. The van der Waals surface area contributed by atoms with Gasteiger partial charge < -0.3 is 19.7 Å². The van der Waals surface area contributed by atoms with Crippen LogP contribution in [-0.2, 0) is 9.47 Å². The van der Waals surface area contributed by atoms with E-state index >= 15 is 0 Å². The number of aliphatic hydroxyl groups is 2. The maximum Gasteiger partial charge on any atom is 0.0891 e. The normalized spacial score (nSPS) is 39.8. The highest BCUT2D eigenvalue weighted by Crippen LogP contribution is 2.39.